The number of rotatable bonds is 6. The Bertz CT molecular complexity index is 471. The second kappa shape index (κ2) is 7.83. The number of hydrogen-bond donors (Lipinski definition) is 2. The maximum Gasteiger partial charge on any atom is 0.407 e. The average molecular weight is 299 g/mol. The van der Waals surface area contributed by atoms with Crippen LogP contribution in [-0.2, 0) is 11.2 Å². The number of amides is 1. The second-order valence-corrected chi connectivity index (χ2v) is 5.50. The van der Waals surface area contributed by atoms with Gasteiger partial charge in [-0.05, 0) is 51.0 Å². The molecule has 0 aliphatic heterocycles. The number of hydrogen-bond acceptors (Lipinski definition) is 4. The molecule has 0 unspecified atom stereocenters. The van der Waals surface area contributed by atoms with Crippen LogP contribution < -0.4 is 10.1 Å². The summed E-state index contributed by atoms with van der Waals surface area (Å²) in [6.07, 6.45) is -0.201. The van der Waals surface area contributed by atoms with Crippen molar-refractivity contribution in [2.45, 2.75) is 32.8 Å². The number of ether oxygens (including phenoxy) is 2. The summed E-state index contributed by atoms with van der Waals surface area (Å²) >= 11 is 0. The molecule has 0 fully saturated rings. The van der Waals surface area contributed by atoms with Crippen molar-refractivity contribution >= 4 is 6.09 Å². The SMILES string of the molecule is CC(C)(C)OC(=O)NCCOc1ccc(F)cc1CCO. The summed E-state index contributed by atoms with van der Waals surface area (Å²) in [5.74, 6) is 0.120. The van der Waals surface area contributed by atoms with E-state index in [-0.39, 0.29) is 25.6 Å². The third kappa shape index (κ3) is 6.94. The van der Waals surface area contributed by atoms with Crippen molar-refractivity contribution in [1.82, 2.24) is 5.32 Å². The molecule has 0 aromatic heterocycles. The summed E-state index contributed by atoms with van der Waals surface area (Å²) in [6.45, 7) is 5.75. The summed E-state index contributed by atoms with van der Waals surface area (Å²) in [5, 5.41) is 11.5. The molecule has 1 aromatic rings. The normalized spacial score (nSPS) is 11.1. The van der Waals surface area contributed by atoms with Gasteiger partial charge in [0.2, 0.25) is 0 Å². The van der Waals surface area contributed by atoms with Gasteiger partial charge in [0.15, 0.2) is 0 Å². The van der Waals surface area contributed by atoms with Crippen molar-refractivity contribution in [3.63, 3.8) is 0 Å². The molecule has 0 aliphatic carbocycles. The molecule has 0 heterocycles. The van der Waals surface area contributed by atoms with Gasteiger partial charge in [0.05, 0.1) is 6.54 Å². The third-order valence-electron chi connectivity index (χ3n) is 2.43. The molecule has 1 amide bonds. The molecule has 0 aliphatic rings. The van der Waals surface area contributed by atoms with E-state index >= 15 is 0 Å². The fraction of sp³-hybridized carbons (Fsp3) is 0.533. The zero-order chi connectivity index (χ0) is 15.9. The number of nitrogens with one attached hydrogen (secondary N) is 1. The van der Waals surface area contributed by atoms with Crippen LogP contribution in [-0.4, -0.2) is 36.6 Å². The quantitative estimate of drug-likeness (QED) is 0.791. The molecule has 0 radical (unpaired) electrons. The van der Waals surface area contributed by atoms with Crippen molar-refractivity contribution in [2.75, 3.05) is 19.8 Å². The van der Waals surface area contributed by atoms with Gasteiger partial charge in [-0.3, -0.25) is 0 Å². The summed E-state index contributed by atoms with van der Waals surface area (Å²) in [6, 6.07) is 4.12. The Hall–Kier alpha value is -1.82. The van der Waals surface area contributed by atoms with E-state index in [0.717, 1.165) is 0 Å². The zero-order valence-electron chi connectivity index (χ0n) is 12.6. The van der Waals surface area contributed by atoms with Crippen molar-refractivity contribution in [3.05, 3.63) is 29.6 Å². The van der Waals surface area contributed by atoms with Crippen LogP contribution in [0.4, 0.5) is 9.18 Å². The number of aliphatic hydroxyl groups excluding tert-OH is 1. The fourth-order valence-corrected chi connectivity index (χ4v) is 1.63. The largest absolute Gasteiger partial charge is 0.491 e. The Labute approximate surface area is 124 Å². The van der Waals surface area contributed by atoms with Crippen molar-refractivity contribution in [1.29, 1.82) is 0 Å². The van der Waals surface area contributed by atoms with E-state index in [1.165, 1.54) is 18.2 Å². The Balaban J connectivity index is 2.41. The van der Waals surface area contributed by atoms with Crippen LogP contribution in [0, 0.1) is 5.82 Å². The third-order valence-corrected chi connectivity index (χ3v) is 2.43. The van der Waals surface area contributed by atoms with Gasteiger partial charge in [-0.1, -0.05) is 0 Å². The lowest BCUT2D eigenvalue weighted by Crippen LogP contribution is -2.34. The zero-order valence-corrected chi connectivity index (χ0v) is 12.6. The van der Waals surface area contributed by atoms with Crippen LogP contribution in [0.15, 0.2) is 18.2 Å². The molecular formula is C15H22FNO4. The number of carbonyl (C=O) groups excluding carboxylic acids is 1. The molecule has 21 heavy (non-hydrogen) atoms. The predicted octanol–water partition coefficient (Wildman–Crippen LogP) is 2.26. The van der Waals surface area contributed by atoms with Gasteiger partial charge in [-0.2, -0.15) is 0 Å². The van der Waals surface area contributed by atoms with E-state index in [0.29, 0.717) is 17.7 Å². The Morgan fingerprint density at radius 2 is 2.10 bits per heavy atom. The van der Waals surface area contributed by atoms with E-state index in [9.17, 15) is 9.18 Å². The monoisotopic (exact) mass is 299 g/mol. The van der Waals surface area contributed by atoms with Crippen LogP contribution in [0.25, 0.3) is 0 Å². The molecule has 118 valence electrons. The number of aliphatic hydroxyl groups is 1. The van der Waals surface area contributed by atoms with Crippen LogP contribution in [0.3, 0.4) is 0 Å². The van der Waals surface area contributed by atoms with Crippen LogP contribution in [0.1, 0.15) is 26.3 Å². The van der Waals surface area contributed by atoms with Crippen molar-refractivity contribution in [2.24, 2.45) is 0 Å². The first-order valence-electron chi connectivity index (χ1n) is 6.81. The summed E-state index contributed by atoms with van der Waals surface area (Å²) in [4.78, 5) is 11.4. The topological polar surface area (TPSA) is 67.8 Å². The van der Waals surface area contributed by atoms with Gasteiger partial charge in [0.1, 0.15) is 23.8 Å². The lowest BCUT2D eigenvalue weighted by atomic mass is 10.1. The molecule has 0 spiro atoms. The van der Waals surface area contributed by atoms with Gasteiger partial charge >= 0.3 is 6.09 Å². The fourth-order valence-electron chi connectivity index (χ4n) is 1.63. The highest BCUT2D eigenvalue weighted by molar-refractivity contribution is 5.67. The van der Waals surface area contributed by atoms with Gasteiger partial charge in [-0.15, -0.1) is 0 Å². The van der Waals surface area contributed by atoms with E-state index in [1.54, 1.807) is 20.8 Å². The Kier molecular flexibility index (Phi) is 6.42. The smallest absolute Gasteiger partial charge is 0.407 e. The predicted molar refractivity (Wildman–Crippen MR) is 76.9 cm³/mol. The van der Waals surface area contributed by atoms with Crippen molar-refractivity contribution < 1.29 is 23.8 Å². The van der Waals surface area contributed by atoms with Crippen molar-refractivity contribution in [3.8, 4) is 5.75 Å². The summed E-state index contributed by atoms with van der Waals surface area (Å²) in [5.41, 5.74) is 0.0469. The molecular weight excluding hydrogens is 277 g/mol. The lowest BCUT2D eigenvalue weighted by molar-refractivity contribution is 0.0520. The molecule has 2 N–H and O–H groups in total. The molecule has 0 atom stereocenters. The minimum atomic E-state index is -0.545. The summed E-state index contributed by atoms with van der Waals surface area (Å²) < 4.78 is 23.7. The molecule has 0 bridgehead atoms. The second-order valence-electron chi connectivity index (χ2n) is 5.50. The van der Waals surface area contributed by atoms with Gasteiger partial charge in [0.25, 0.3) is 0 Å². The maximum absolute atomic E-state index is 13.1. The molecule has 0 saturated heterocycles. The molecule has 1 rings (SSSR count). The van der Waals surface area contributed by atoms with Gasteiger partial charge < -0.3 is 19.9 Å². The number of halogens is 1. The number of alkyl carbamates (subject to hydrolysis) is 1. The molecule has 0 saturated carbocycles. The molecule has 5 nitrogen and oxygen atoms in total. The number of carbonyl (C=O) groups is 1. The minimum Gasteiger partial charge on any atom is -0.491 e. The highest BCUT2D eigenvalue weighted by Gasteiger charge is 2.15. The standard InChI is InChI=1S/C15H22FNO4/c1-15(2,3)21-14(19)17-7-9-20-13-5-4-12(16)10-11(13)6-8-18/h4-5,10,18H,6-9H2,1-3H3,(H,17,19). The minimum absolute atomic E-state index is 0.0873. The first kappa shape index (κ1) is 17.2. The van der Waals surface area contributed by atoms with Crippen LogP contribution >= 0.6 is 0 Å². The lowest BCUT2D eigenvalue weighted by Gasteiger charge is -2.19. The van der Waals surface area contributed by atoms with Gasteiger partial charge in [-0.25, -0.2) is 9.18 Å². The Morgan fingerprint density at radius 1 is 1.38 bits per heavy atom. The molecule has 1 aromatic carbocycles. The first-order valence-corrected chi connectivity index (χ1v) is 6.81. The van der Waals surface area contributed by atoms with Crippen LogP contribution in [0.5, 0.6) is 5.75 Å². The highest BCUT2D eigenvalue weighted by Crippen LogP contribution is 2.20. The van der Waals surface area contributed by atoms with Gasteiger partial charge in [0, 0.05) is 6.61 Å². The average Bonchev–Trinajstić information content (AvgIpc) is 2.35. The van der Waals surface area contributed by atoms with E-state index in [2.05, 4.69) is 5.32 Å². The van der Waals surface area contributed by atoms with E-state index in [1.807, 2.05) is 0 Å². The first-order chi connectivity index (χ1) is 9.81. The highest BCUT2D eigenvalue weighted by atomic mass is 19.1. The Morgan fingerprint density at radius 3 is 2.71 bits per heavy atom. The maximum atomic E-state index is 13.1. The van der Waals surface area contributed by atoms with E-state index < -0.39 is 11.7 Å². The van der Waals surface area contributed by atoms with Crippen LogP contribution in [0.2, 0.25) is 0 Å². The molecule has 6 heteroatoms. The van der Waals surface area contributed by atoms with E-state index in [4.69, 9.17) is 14.6 Å². The number of benzene rings is 1. The summed E-state index contributed by atoms with van der Waals surface area (Å²) in [7, 11) is 0.